The summed E-state index contributed by atoms with van der Waals surface area (Å²) < 4.78 is 51.1. The van der Waals surface area contributed by atoms with Crippen LogP contribution in [0.25, 0.3) is 6.08 Å². The van der Waals surface area contributed by atoms with Gasteiger partial charge in [0.05, 0.1) is 21.6 Å². The Bertz CT molecular complexity index is 1510. The molecule has 2 amide bonds. The Balaban J connectivity index is 1.62. The number of ether oxygens (including phenoxy) is 1. The molecule has 3 aromatic carbocycles. The lowest BCUT2D eigenvalue weighted by molar-refractivity contribution is -0.123. The molecule has 4 rings (SSSR count). The number of amides is 2. The van der Waals surface area contributed by atoms with E-state index >= 15 is 0 Å². The van der Waals surface area contributed by atoms with Crippen molar-refractivity contribution in [1.82, 2.24) is 4.90 Å². The van der Waals surface area contributed by atoms with E-state index < -0.39 is 27.1 Å². The summed E-state index contributed by atoms with van der Waals surface area (Å²) in [7, 11) is -4.18. The topological polar surface area (TPSA) is 90.0 Å². The van der Waals surface area contributed by atoms with Crippen molar-refractivity contribution in [2.24, 2.45) is 0 Å². The van der Waals surface area contributed by atoms with Crippen molar-refractivity contribution in [3.05, 3.63) is 91.1 Å². The van der Waals surface area contributed by atoms with E-state index in [1.54, 1.807) is 19.1 Å². The summed E-state index contributed by atoms with van der Waals surface area (Å²) in [6.07, 6.45) is 1.49. The Morgan fingerprint density at radius 1 is 1.11 bits per heavy atom. The first-order valence-corrected chi connectivity index (χ1v) is 14.4. The maximum Gasteiger partial charge on any atom is 0.339 e. The minimum Gasteiger partial charge on any atom is -0.490 e. The van der Waals surface area contributed by atoms with Crippen LogP contribution in [0.15, 0.2) is 70.5 Å². The lowest BCUT2D eigenvalue weighted by atomic mass is 10.1. The fourth-order valence-electron chi connectivity index (χ4n) is 3.36. The molecule has 1 saturated heterocycles. The van der Waals surface area contributed by atoms with Gasteiger partial charge < -0.3 is 8.92 Å². The fraction of sp³-hybridized carbons (Fsp3) is 0.120. The predicted molar refractivity (Wildman–Crippen MR) is 148 cm³/mol. The van der Waals surface area contributed by atoms with Crippen LogP contribution < -0.4 is 8.92 Å². The van der Waals surface area contributed by atoms with Gasteiger partial charge in [0.2, 0.25) is 0 Å². The van der Waals surface area contributed by atoms with Gasteiger partial charge in [0.25, 0.3) is 11.1 Å². The number of hydrogen-bond acceptors (Lipinski definition) is 7. The van der Waals surface area contributed by atoms with Gasteiger partial charge in [-0.1, -0.05) is 29.8 Å². The first-order valence-electron chi connectivity index (χ1n) is 10.7. The van der Waals surface area contributed by atoms with Gasteiger partial charge in [-0.15, -0.1) is 0 Å². The summed E-state index contributed by atoms with van der Waals surface area (Å²) in [4.78, 5) is 26.4. The Kier molecular flexibility index (Phi) is 8.46. The zero-order chi connectivity index (χ0) is 26.7. The van der Waals surface area contributed by atoms with Gasteiger partial charge in [0.15, 0.2) is 11.5 Å². The Hall–Kier alpha value is -2.61. The van der Waals surface area contributed by atoms with Crippen molar-refractivity contribution in [1.29, 1.82) is 0 Å². The van der Waals surface area contributed by atoms with Crippen molar-refractivity contribution >= 4 is 73.3 Å². The molecule has 1 fully saturated rings. The zero-order valence-corrected chi connectivity index (χ0v) is 23.7. The summed E-state index contributed by atoms with van der Waals surface area (Å²) >= 11 is 8.49. The highest BCUT2D eigenvalue weighted by Gasteiger charge is 2.35. The number of rotatable bonds is 8. The van der Waals surface area contributed by atoms with Crippen molar-refractivity contribution in [3.63, 3.8) is 0 Å². The Labute approximate surface area is 235 Å². The van der Waals surface area contributed by atoms with Gasteiger partial charge in [-0.3, -0.25) is 14.5 Å². The third kappa shape index (κ3) is 6.28. The molecule has 0 unspecified atom stereocenters. The maximum atomic E-state index is 14.0. The number of hydrogen-bond donors (Lipinski definition) is 0. The minimum absolute atomic E-state index is 0.0118. The molecule has 37 heavy (non-hydrogen) atoms. The van der Waals surface area contributed by atoms with E-state index in [2.05, 4.69) is 0 Å². The van der Waals surface area contributed by atoms with Crippen LogP contribution in [0, 0.1) is 9.39 Å². The van der Waals surface area contributed by atoms with Gasteiger partial charge in [-0.25, -0.2) is 4.39 Å². The quantitative estimate of drug-likeness (QED) is 0.154. The van der Waals surface area contributed by atoms with Crippen molar-refractivity contribution < 1.29 is 31.3 Å². The maximum absolute atomic E-state index is 14.0. The standard InChI is InChI=1S/C25H18ClFINO6S2/c1-2-34-21-12-15(11-20(28)23(21)35-37(32,33)18-9-7-17(26)8-10-18)13-22-24(30)29(25(31)36-22)14-16-5-3-4-6-19(16)27/h3-13H,2,14H2,1H3/b22-13-. The van der Waals surface area contributed by atoms with Crippen molar-refractivity contribution in [2.75, 3.05) is 6.61 Å². The molecule has 7 nitrogen and oxygen atoms in total. The van der Waals surface area contributed by atoms with Crippen molar-refractivity contribution in [3.8, 4) is 11.5 Å². The molecule has 0 bridgehead atoms. The monoisotopic (exact) mass is 673 g/mol. The van der Waals surface area contributed by atoms with Crippen LogP contribution in [0.3, 0.4) is 0 Å². The first kappa shape index (κ1) is 27.4. The van der Waals surface area contributed by atoms with E-state index in [4.69, 9.17) is 20.5 Å². The molecular weight excluding hydrogens is 656 g/mol. The molecule has 1 aliphatic heterocycles. The molecule has 192 valence electrons. The zero-order valence-electron chi connectivity index (χ0n) is 19.1. The van der Waals surface area contributed by atoms with Gasteiger partial charge in [-0.05, 0) is 95.4 Å². The third-order valence-electron chi connectivity index (χ3n) is 5.08. The number of carbonyl (C=O) groups excluding carboxylic acids is 2. The summed E-state index contributed by atoms with van der Waals surface area (Å²) in [5.41, 5.74) is 0.711. The van der Waals surface area contributed by atoms with Crippen LogP contribution in [0.4, 0.5) is 9.18 Å². The van der Waals surface area contributed by atoms with E-state index in [1.165, 1.54) is 54.6 Å². The second kappa shape index (κ2) is 11.4. The smallest absolute Gasteiger partial charge is 0.339 e. The number of carbonyl (C=O) groups is 2. The lowest BCUT2D eigenvalue weighted by Crippen LogP contribution is -2.27. The van der Waals surface area contributed by atoms with Crippen LogP contribution in [0.5, 0.6) is 11.5 Å². The molecule has 1 heterocycles. The summed E-state index contributed by atoms with van der Waals surface area (Å²) in [5, 5.41) is -0.139. The number of halogens is 3. The van der Waals surface area contributed by atoms with E-state index in [1.807, 2.05) is 22.6 Å². The average molecular weight is 674 g/mol. The molecular formula is C25H18ClFINO6S2. The van der Waals surface area contributed by atoms with E-state index in [0.717, 1.165) is 16.7 Å². The average Bonchev–Trinajstić information content (AvgIpc) is 3.10. The Morgan fingerprint density at radius 3 is 2.49 bits per heavy atom. The van der Waals surface area contributed by atoms with Crippen LogP contribution in [0.1, 0.15) is 18.1 Å². The number of imide groups is 1. The number of benzene rings is 3. The Morgan fingerprint density at radius 2 is 1.81 bits per heavy atom. The minimum atomic E-state index is -4.18. The second-order valence-corrected chi connectivity index (χ2v) is 11.8. The van der Waals surface area contributed by atoms with E-state index in [-0.39, 0.29) is 40.0 Å². The lowest BCUT2D eigenvalue weighted by Gasteiger charge is -2.15. The highest BCUT2D eigenvalue weighted by molar-refractivity contribution is 14.1. The summed E-state index contributed by atoms with van der Waals surface area (Å²) in [6, 6.07) is 14.6. The fourth-order valence-corrected chi connectivity index (χ4v) is 6.16. The molecule has 0 N–H and O–H groups in total. The van der Waals surface area contributed by atoms with Gasteiger partial charge >= 0.3 is 10.1 Å². The molecule has 0 aromatic heterocycles. The van der Waals surface area contributed by atoms with E-state index in [9.17, 15) is 22.4 Å². The molecule has 0 spiro atoms. The SMILES string of the molecule is CCOc1cc(/C=C2\SC(=O)N(Cc3ccccc3F)C2=O)cc(I)c1OS(=O)(=O)c1ccc(Cl)cc1. The molecule has 0 saturated carbocycles. The van der Waals surface area contributed by atoms with Crippen molar-refractivity contribution in [2.45, 2.75) is 18.4 Å². The highest BCUT2D eigenvalue weighted by atomic mass is 127. The summed E-state index contributed by atoms with van der Waals surface area (Å²) in [5.74, 6) is -0.937. The van der Waals surface area contributed by atoms with Crippen LogP contribution >= 0.6 is 46.0 Å². The molecule has 1 aliphatic rings. The third-order valence-corrected chi connectivity index (χ3v) is 8.28. The number of thioether (sulfide) groups is 1. The van der Waals surface area contributed by atoms with Gasteiger partial charge in [0, 0.05) is 10.6 Å². The van der Waals surface area contributed by atoms with Gasteiger partial charge in [0.1, 0.15) is 10.7 Å². The second-order valence-electron chi connectivity index (χ2n) is 7.61. The van der Waals surface area contributed by atoms with Gasteiger partial charge in [-0.2, -0.15) is 8.42 Å². The van der Waals surface area contributed by atoms with Crippen LogP contribution in [-0.4, -0.2) is 31.1 Å². The van der Waals surface area contributed by atoms with Crippen LogP contribution in [-0.2, 0) is 21.5 Å². The summed E-state index contributed by atoms with van der Waals surface area (Å²) in [6.45, 7) is 1.76. The molecule has 12 heteroatoms. The van der Waals surface area contributed by atoms with Crippen LogP contribution in [0.2, 0.25) is 5.02 Å². The highest BCUT2D eigenvalue weighted by Crippen LogP contribution is 2.39. The molecule has 0 aliphatic carbocycles. The molecule has 0 radical (unpaired) electrons. The molecule has 0 atom stereocenters. The number of nitrogens with zero attached hydrogens (tertiary/aromatic N) is 1. The largest absolute Gasteiger partial charge is 0.490 e. The molecule has 3 aromatic rings. The normalized spacial score (nSPS) is 14.9. The first-order chi connectivity index (χ1) is 17.6. The van der Waals surface area contributed by atoms with E-state index in [0.29, 0.717) is 14.2 Å². The predicted octanol–water partition coefficient (Wildman–Crippen LogP) is 6.49.